The van der Waals surface area contributed by atoms with E-state index in [1.54, 1.807) is 6.07 Å². The summed E-state index contributed by atoms with van der Waals surface area (Å²) in [4.78, 5) is 11.3. The maximum absolute atomic E-state index is 11.3. The number of carbonyl (C=O) groups excluding carboxylic acids is 1. The van der Waals surface area contributed by atoms with Crippen LogP contribution < -0.4 is 0 Å². The Morgan fingerprint density at radius 3 is 3.27 bits per heavy atom. The van der Waals surface area contributed by atoms with Gasteiger partial charge in [-0.3, -0.25) is 4.79 Å². The van der Waals surface area contributed by atoms with Crippen LogP contribution in [0.4, 0.5) is 0 Å². The van der Waals surface area contributed by atoms with Crippen LogP contribution in [0.5, 0.6) is 0 Å². The maximum atomic E-state index is 11.3. The van der Waals surface area contributed by atoms with Gasteiger partial charge in [0.15, 0.2) is 5.78 Å². The van der Waals surface area contributed by atoms with Gasteiger partial charge in [0.25, 0.3) is 0 Å². The molecule has 1 unspecified atom stereocenters. The molecule has 0 amide bonds. The van der Waals surface area contributed by atoms with Crippen molar-refractivity contribution in [1.29, 1.82) is 0 Å². The highest BCUT2D eigenvalue weighted by molar-refractivity contribution is 6.34. The first-order valence-electron chi connectivity index (χ1n) is 3.53. The average molecular weight is 171 g/mol. The lowest BCUT2D eigenvalue weighted by molar-refractivity contribution is 0.0974. The molecule has 2 rings (SSSR count). The van der Waals surface area contributed by atoms with E-state index in [4.69, 9.17) is 16.0 Å². The first-order valence-corrected chi connectivity index (χ1v) is 3.97. The molecule has 0 bridgehead atoms. The van der Waals surface area contributed by atoms with Crippen molar-refractivity contribution in [3.63, 3.8) is 0 Å². The van der Waals surface area contributed by atoms with Crippen molar-refractivity contribution in [2.24, 2.45) is 0 Å². The van der Waals surface area contributed by atoms with Gasteiger partial charge < -0.3 is 4.42 Å². The molecule has 0 spiro atoms. The second kappa shape index (κ2) is 2.38. The summed E-state index contributed by atoms with van der Waals surface area (Å²) in [5.74, 6) is 0.786. The largest absolute Gasteiger partial charge is 0.469 e. The lowest BCUT2D eigenvalue weighted by Crippen LogP contribution is -2.21. The lowest BCUT2D eigenvalue weighted by Gasteiger charge is -2.12. The zero-order chi connectivity index (χ0) is 7.84. The van der Waals surface area contributed by atoms with Gasteiger partial charge in [0.2, 0.25) is 0 Å². The van der Waals surface area contributed by atoms with Gasteiger partial charge in [0, 0.05) is 6.42 Å². The molecule has 1 heterocycles. The monoisotopic (exact) mass is 170 g/mol. The van der Waals surface area contributed by atoms with Crippen LogP contribution in [0.1, 0.15) is 22.5 Å². The smallest absolute Gasteiger partial charge is 0.184 e. The SMILES string of the molecule is O=C1c2ccoc2CCC1Cl. The highest BCUT2D eigenvalue weighted by atomic mass is 35.5. The fraction of sp³-hybridized carbons (Fsp3) is 0.375. The van der Waals surface area contributed by atoms with Crippen LogP contribution in [0, 0.1) is 0 Å². The zero-order valence-electron chi connectivity index (χ0n) is 5.84. The molecule has 1 atom stereocenters. The molecule has 1 aromatic heterocycles. The molecule has 0 saturated carbocycles. The number of ketones is 1. The highest BCUT2D eigenvalue weighted by Crippen LogP contribution is 2.24. The Morgan fingerprint density at radius 2 is 2.45 bits per heavy atom. The fourth-order valence-corrected chi connectivity index (χ4v) is 1.54. The molecule has 1 aliphatic carbocycles. The first-order chi connectivity index (χ1) is 5.29. The van der Waals surface area contributed by atoms with Crippen LogP contribution in [0.15, 0.2) is 16.7 Å². The Morgan fingerprint density at radius 1 is 1.64 bits per heavy atom. The number of hydrogen-bond donors (Lipinski definition) is 0. The van der Waals surface area contributed by atoms with Crippen molar-refractivity contribution in [3.05, 3.63) is 23.7 Å². The Bertz CT molecular complexity index is 290. The molecule has 0 fully saturated rings. The molecule has 11 heavy (non-hydrogen) atoms. The molecule has 3 heteroatoms. The van der Waals surface area contributed by atoms with Crippen molar-refractivity contribution in [2.45, 2.75) is 18.2 Å². The summed E-state index contributed by atoms with van der Waals surface area (Å²) in [5, 5.41) is -0.347. The molecule has 1 aliphatic rings. The normalized spacial score (nSPS) is 23.4. The second-order valence-electron chi connectivity index (χ2n) is 2.63. The van der Waals surface area contributed by atoms with Crippen LogP contribution >= 0.6 is 11.6 Å². The topological polar surface area (TPSA) is 30.2 Å². The summed E-state index contributed by atoms with van der Waals surface area (Å²) in [5.41, 5.74) is 0.663. The Kier molecular flexibility index (Phi) is 1.50. The van der Waals surface area contributed by atoms with E-state index in [0.29, 0.717) is 12.0 Å². The van der Waals surface area contributed by atoms with Gasteiger partial charge in [0.1, 0.15) is 5.76 Å². The number of carbonyl (C=O) groups is 1. The predicted molar refractivity (Wildman–Crippen MR) is 41.0 cm³/mol. The third-order valence-electron chi connectivity index (χ3n) is 1.92. The highest BCUT2D eigenvalue weighted by Gasteiger charge is 2.27. The fourth-order valence-electron chi connectivity index (χ4n) is 1.31. The van der Waals surface area contributed by atoms with Gasteiger partial charge in [-0.25, -0.2) is 0 Å². The van der Waals surface area contributed by atoms with Gasteiger partial charge >= 0.3 is 0 Å². The van der Waals surface area contributed by atoms with Gasteiger partial charge in [0.05, 0.1) is 17.2 Å². The maximum Gasteiger partial charge on any atom is 0.184 e. The molecule has 0 radical (unpaired) electrons. The molecular weight excluding hydrogens is 164 g/mol. The molecule has 0 N–H and O–H groups in total. The van der Waals surface area contributed by atoms with E-state index in [9.17, 15) is 4.79 Å². The van der Waals surface area contributed by atoms with E-state index in [1.807, 2.05) is 0 Å². The van der Waals surface area contributed by atoms with E-state index in [-0.39, 0.29) is 11.2 Å². The number of halogens is 1. The van der Waals surface area contributed by atoms with Gasteiger partial charge in [-0.1, -0.05) is 0 Å². The lowest BCUT2D eigenvalue weighted by atomic mass is 9.97. The summed E-state index contributed by atoms with van der Waals surface area (Å²) >= 11 is 5.76. The summed E-state index contributed by atoms with van der Waals surface area (Å²) in [6.07, 6.45) is 3.01. The van der Waals surface area contributed by atoms with Crippen molar-refractivity contribution >= 4 is 17.4 Å². The standard InChI is InChI=1S/C8H7ClO2/c9-6-1-2-7-5(8(6)10)3-4-11-7/h3-4,6H,1-2H2. The Labute approximate surface area is 69.1 Å². The second-order valence-corrected chi connectivity index (χ2v) is 3.15. The number of Topliss-reactive ketones (excluding diaryl/α,β-unsaturated/α-hetero) is 1. The Hall–Kier alpha value is -0.760. The average Bonchev–Trinajstić information content (AvgIpc) is 2.45. The van der Waals surface area contributed by atoms with Crippen LogP contribution in [0.3, 0.4) is 0 Å². The van der Waals surface area contributed by atoms with Gasteiger partial charge in [-0.15, -0.1) is 11.6 Å². The molecule has 0 aromatic carbocycles. The van der Waals surface area contributed by atoms with E-state index in [1.165, 1.54) is 6.26 Å². The van der Waals surface area contributed by atoms with Gasteiger partial charge in [-0.2, -0.15) is 0 Å². The number of furan rings is 1. The van der Waals surface area contributed by atoms with E-state index >= 15 is 0 Å². The number of alkyl halides is 1. The van der Waals surface area contributed by atoms with Crippen LogP contribution in [0.2, 0.25) is 0 Å². The molecule has 58 valence electrons. The molecule has 1 aromatic rings. The van der Waals surface area contributed by atoms with Crippen LogP contribution in [-0.2, 0) is 6.42 Å². The van der Waals surface area contributed by atoms with Gasteiger partial charge in [-0.05, 0) is 12.5 Å². The number of hydrogen-bond acceptors (Lipinski definition) is 2. The minimum atomic E-state index is -0.347. The van der Waals surface area contributed by atoms with E-state index in [2.05, 4.69) is 0 Å². The van der Waals surface area contributed by atoms with Crippen LogP contribution in [0.25, 0.3) is 0 Å². The van der Waals surface area contributed by atoms with Crippen molar-refractivity contribution in [1.82, 2.24) is 0 Å². The van der Waals surface area contributed by atoms with Crippen molar-refractivity contribution in [3.8, 4) is 0 Å². The van der Waals surface area contributed by atoms with Crippen molar-refractivity contribution in [2.75, 3.05) is 0 Å². The predicted octanol–water partition coefficient (Wildman–Crippen LogP) is 2.02. The molecular formula is C8H7ClO2. The number of rotatable bonds is 0. The minimum Gasteiger partial charge on any atom is -0.469 e. The number of aryl methyl sites for hydroxylation is 1. The molecule has 2 nitrogen and oxygen atoms in total. The number of fused-ring (bicyclic) bond motifs is 1. The minimum absolute atomic E-state index is 0.00154. The third-order valence-corrected chi connectivity index (χ3v) is 2.34. The first kappa shape index (κ1) is 6.92. The quantitative estimate of drug-likeness (QED) is 0.558. The summed E-state index contributed by atoms with van der Waals surface area (Å²) in [6, 6.07) is 1.69. The third kappa shape index (κ3) is 0.979. The summed E-state index contributed by atoms with van der Waals surface area (Å²) < 4.78 is 5.10. The summed E-state index contributed by atoms with van der Waals surface area (Å²) in [6.45, 7) is 0. The van der Waals surface area contributed by atoms with Crippen molar-refractivity contribution < 1.29 is 9.21 Å². The Balaban J connectivity index is 2.46. The van der Waals surface area contributed by atoms with Crippen LogP contribution in [-0.4, -0.2) is 11.2 Å². The molecule has 0 saturated heterocycles. The zero-order valence-corrected chi connectivity index (χ0v) is 6.60. The molecule has 0 aliphatic heterocycles. The summed E-state index contributed by atoms with van der Waals surface area (Å²) in [7, 11) is 0. The van der Waals surface area contributed by atoms with E-state index in [0.717, 1.165) is 12.2 Å². The van der Waals surface area contributed by atoms with E-state index < -0.39 is 0 Å².